The molecule has 0 radical (unpaired) electrons. The summed E-state index contributed by atoms with van der Waals surface area (Å²) in [7, 11) is 0. The number of nitrogens with zero attached hydrogens (tertiary/aromatic N) is 1. The number of fused-ring (bicyclic) bond motifs is 1. The molecule has 2 aromatic carbocycles. The zero-order valence-electron chi connectivity index (χ0n) is 20.1. The van der Waals surface area contributed by atoms with Crippen molar-refractivity contribution in [1.82, 2.24) is 4.90 Å². The topological polar surface area (TPSA) is 48.0 Å². The van der Waals surface area contributed by atoms with Crippen molar-refractivity contribution in [1.29, 1.82) is 0 Å². The number of thiophene rings is 1. The van der Waals surface area contributed by atoms with Crippen LogP contribution in [-0.2, 0) is 22.7 Å². The van der Waals surface area contributed by atoms with Gasteiger partial charge in [-0.25, -0.2) is 0 Å². The third-order valence-electron chi connectivity index (χ3n) is 6.59. The lowest BCUT2D eigenvalue weighted by atomic mass is 9.87. The van der Waals surface area contributed by atoms with Crippen molar-refractivity contribution in [2.75, 3.05) is 19.8 Å². The molecule has 0 aliphatic carbocycles. The first-order valence-corrected chi connectivity index (χ1v) is 13.3. The van der Waals surface area contributed by atoms with Gasteiger partial charge >= 0.3 is 0 Å². The Kier molecular flexibility index (Phi) is 7.05. The highest BCUT2D eigenvalue weighted by atomic mass is 35.5. The molecule has 1 atom stereocenters. The standard InChI is InChI=1S/C28H30ClNO4S/c1-28(2)15-21(6-9-34-28)27(31)30-8-10-32-26-23(16-30)12-22(20-4-3-5-24(29)13-20)14-25(26)33-17-19-7-11-35-18-19/h3-5,7,11-14,18,21H,6,8-10,15-17H2,1-2H3. The van der Waals surface area contributed by atoms with Crippen LogP contribution >= 0.6 is 22.9 Å². The minimum absolute atomic E-state index is 0.0364. The largest absolute Gasteiger partial charge is 0.487 e. The number of carbonyl (C=O) groups excluding carboxylic acids is 1. The molecule has 0 bridgehead atoms. The molecule has 1 amide bonds. The molecule has 5 nitrogen and oxygen atoms in total. The van der Waals surface area contributed by atoms with Crippen LogP contribution in [0.1, 0.15) is 37.8 Å². The van der Waals surface area contributed by atoms with Gasteiger partial charge in [-0.15, -0.1) is 0 Å². The summed E-state index contributed by atoms with van der Waals surface area (Å²) in [4.78, 5) is 15.5. The van der Waals surface area contributed by atoms with E-state index in [0.29, 0.717) is 49.4 Å². The first-order chi connectivity index (χ1) is 16.9. The fraction of sp³-hybridized carbons (Fsp3) is 0.393. The number of rotatable bonds is 5. The maximum absolute atomic E-state index is 13.5. The summed E-state index contributed by atoms with van der Waals surface area (Å²) < 4.78 is 18.3. The maximum Gasteiger partial charge on any atom is 0.226 e. The van der Waals surface area contributed by atoms with Gasteiger partial charge < -0.3 is 19.1 Å². The second kappa shape index (κ2) is 10.2. The molecule has 3 heterocycles. The van der Waals surface area contributed by atoms with Crippen LogP contribution in [0.2, 0.25) is 5.02 Å². The minimum Gasteiger partial charge on any atom is -0.487 e. The normalized spacial score (nSPS) is 19.4. The highest BCUT2D eigenvalue weighted by molar-refractivity contribution is 7.07. The molecule has 1 unspecified atom stereocenters. The van der Waals surface area contributed by atoms with Crippen LogP contribution in [0.4, 0.5) is 0 Å². The molecule has 3 aromatic rings. The van der Waals surface area contributed by atoms with Crippen molar-refractivity contribution >= 4 is 28.8 Å². The van der Waals surface area contributed by atoms with E-state index in [1.165, 1.54) is 0 Å². The van der Waals surface area contributed by atoms with Gasteiger partial charge in [0, 0.05) is 29.7 Å². The van der Waals surface area contributed by atoms with Gasteiger partial charge in [0.1, 0.15) is 13.2 Å². The molecule has 0 spiro atoms. The second-order valence-electron chi connectivity index (χ2n) is 9.80. The molecule has 2 aliphatic rings. The third-order valence-corrected chi connectivity index (χ3v) is 7.56. The highest BCUT2D eigenvalue weighted by Crippen LogP contribution is 2.40. The van der Waals surface area contributed by atoms with Gasteiger partial charge in [0.25, 0.3) is 0 Å². The Hall–Kier alpha value is -2.54. The van der Waals surface area contributed by atoms with E-state index in [2.05, 4.69) is 31.4 Å². The maximum atomic E-state index is 13.5. The minimum atomic E-state index is -0.277. The molecule has 0 saturated carbocycles. The van der Waals surface area contributed by atoms with E-state index in [0.717, 1.165) is 35.1 Å². The molecule has 7 heteroatoms. The molecular weight excluding hydrogens is 482 g/mol. The zero-order valence-corrected chi connectivity index (χ0v) is 21.7. The lowest BCUT2D eigenvalue weighted by molar-refractivity contribution is -0.146. The number of hydrogen-bond donors (Lipinski definition) is 0. The van der Waals surface area contributed by atoms with Crippen molar-refractivity contribution in [3.8, 4) is 22.6 Å². The van der Waals surface area contributed by atoms with Crippen molar-refractivity contribution in [2.45, 2.75) is 45.4 Å². The predicted molar refractivity (Wildman–Crippen MR) is 139 cm³/mol. The summed E-state index contributed by atoms with van der Waals surface area (Å²) in [5.41, 5.74) is 3.76. The number of amides is 1. The number of carbonyl (C=O) groups is 1. The lowest BCUT2D eigenvalue weighted by Crippen LogP contribution is -2.43. The third kappa shape index (κ3) is 5.66. The summed E-state index contributed by atoms with van der Waals surface area (Å²) in [6.07, 6.45) is 1.48. The average molecular weight is 512 g/mol. The summed E-state index contributed by atoms with van der Waals surface area (Å²) in [5, 5.41) is 4.79. The number of hydrogen-bond acceptors (Lipinski definition) is 5. The molecular formula is C28H30ClNO4S. The van der Waals surface area contributed by atoms with Gasteiger partial charge in [0.2, 0.25) is 5.91 Å². The van der Waals surface area contributed by atoms with E-state index in [1.807, 2.05) is 40.6 Å². The molecule has 2 aliphatic heterocycles. The number of halogens is 1. The smallest absolute Gasteiger partial charge is 0.226 e. The van der Waals surface area contributed by atoms with Gasteiger partial charge in [-0.1, -0.05) is 23.7 Å². The average Bonchev–Trinajstić information content (AvgIpc) is 3.26. The summed E-state index contributed by atoms with van der Waals surface area (Å²) in [6, 6.07) is 13.9. The highest BCUT2D eigenvalue weighted by Gasteiger charge is 2.36. The molecule has 35 heavy (non-hydrogen) atoms. The van der Waals surface area contributed by atoms with Gasteiger partial charge in [0.15, 0.2) is 11.5 Å². The van der Waals surface area contributed by atoms with E-state index in [4.69, 9.17) is 25.8 Å². The fourth-order valence-electron chi connectivity index (χ4n) is 4.85. The Labute approximate surface area is 215 Å². The van der Waals surface area contributed by atoms with Crippen LogP contribution in [0.5, 0.6) is 11.5 Å². The predicted octanol–water partition coefficient (Wildman–Crippen LogP) is 6.57. The summed E-state index contributed by atoms with van der Waals surface area (Å²) in [5.74, 6) is 1.54. The Morgan fingerprint density at radius 1 is 1.20 bits per heavy atom. The Balaban J connectivity index is 1.46. The SMILES string of the molecule is CC1(C)CC(C(=O)N2CCOc3c(cc(-c4cccc(Cl)c4)cc3OCc3ccsc3)C2)CCO1. The quantitative estimate of drug-likeness (QED) is 0.388. The molecule has 184 valence electrons. The molecule has 1 saturated heterocycles. The van der Waals surface area contributed by atoms with E-state index in [-0.39, 0.29) is 17.4 Å². The first-order valence-electron chi connectivity index (χ1n) is 12.0. The molecule has 1 aromatic heterocycles. The van der Waals surface area contributed by atoms with Gasteiger partial charge in [-0.05, 0) is 84.5 Å². The second-order valence-corrected chi connectivity index (χ2v) is 11.0. The van der Waals surface area contributed by atoms with Gasteiger partial charge in [0.05, 0.1) is 12.1 Å². The van der Waals surface area contributed by atoms with Crippen molar-refractivity contribution < 1.29 is 19.0 Å². The van der Waals surface area contributed by atoms with Crippen molar-refractivity contribution in [2.24, 2.45) is 5.92 Å². The molecule has 1 fully saturated rings. The number of benzene rings is 2. The number of ether oxygens (including phenoxy) is 3. The van der Waals surface area contributed by atoms with E-state index in [1.54, 1.807) is 11.3 Å². The van der Waals surface area contributed by atoms with Crippen LogP contribution in [-0.4, -0.2) is 36.2 Å². The van der Waals surface area contributed by atoms with Crippen LogP contribution < -0.4 is 9.47 Å². The summed E-state index contributed by atoms with van der Waals surface area (Å²) >= 11 is 7.93. The Bertz CT molecular complexity index is 1190. The van der Waals surface area contributed by atoms with Gasteiger partial charge in [-0.2, -0.15) is 11.3 Å². The molecule has 0 N–H and O–H groups in total. The Morgan fingerprint density at radius 2 is 2.09 bits per heavy atom. The van der Waals surface area contributed by atoms with E-state index < -0.39 is 0 Å². The molecule has 5 rings (SSSR count). The summed E-state index contributed by atoms with van der Waals surface area (Å²) in [6.45, 7) is 6.64. The van der Waals surface area contributed by atoms with Crippen molar-refractivity contribution in [3.63, 3.8) is 0 Å². The first kappa shape index (κ1) is 24.2. The Morgan fingerprint density at radius 3 is 2.86 bits per heavy atom. The van der Waals surface area contributed by atoms with E-state index >= 15 is 0 Å². The van der Waals surface area contributed by atoms with E-state index in [9.17, 15) is 4.79 Å². The van der Waals surface area contributed by atoms with Crippen LogP contribution in [0.25, 0.3) is 11.1 Å². The van der Waals surface area contributed by atoms with Gasteiger partial charge in [-0.3, -0.25) is 4.79 Å². The fourth-order valence-corrected chi connectivity index (χ4v) is 5.69. The lowest BCUT2D eigenvalue weighted by Gasteiger charge is -2.36. The monoisotopic (exact) mass is 511 g/mol. The van der Waals surface area contributed by atoms with Crippen LogP contribution in [0.3, 0.4) is 0 Å². The van der Waals surface area contributed by atoms with Crippen LogP contribution in [0, 0.1) is 5.92 Å². The van der Waals surface area contributed by atoms with Crippen LogP contribution in [0.15, 0.2) is 53.2 Å². The van der Waals surface area contributed by atoms with Crippen molar-refractivity contribution in [3.05, 3.63) is 69.4 Å². The zero-order chi connectivity index (χ0) is 24.4.